The summed E-state index contributed by atoms with van der Waals surface area (Å²) in [5.41, 5.74) is 3.44. The van der Waals surface area contributed by atoms with Gasteiger partial charge in [-0.15, -0.1) is 0 Å². The molecule has 0 spiro atoms. The van der Waals surface area contributed by atoms with E-state index in [1.165, 1.54) is 5.56 Å². The summed E-state index contributed by atoms with van der Waals surface area (Å²) in [6.07, 6.45) is 1.26. The van der Waals surface area contributed by atoms with Crippen LogP contribution in [0, 0.1) is 0 Å². The van der Waals surface area contributed by atoms with Crippen molar-refractivity contribution in [2.75, 3.05) is 13.7 Å². The highest BCUT2D eigenvalue weighted by Crippen LogP contribution is 2.31. The average Bonchev–Trinajstić information content (AvgIpc) is 2.83. The lowest BCUT2D eigenvalue weighted by Crippen LogP contribution is -2.42. The molecule has 0 N–H and O–H groups in total. The van der Waals surface area contributed by atoms with Gasteiger partial charge in [0.05, 0.1) is 26.4 Å². The molecule has 30 heavy (non-hydrogen) atoms. The van der Waals surface area contributed by atoms with Gasteiger partial charge in [0.15, 0.2) is 6.29 Å². The molecule has 4 nitrogen and oxygen atoms in total. The molecule has 3 aromatic rings. The van der Waals surface area contributed by atoms with E-state index >= 15 is 0 Å². The molecule has 156 valence electrons. The summed E-state index contributed by atoms with van der Waals surface area (Å²) in [5.74, 6) is 0.819. The number of hydrogen-bond acceptors (Lipinski definition) is 4. The van der Waals surface area contributed by atoms with Gasteiger partial charge in [0, 0.05) is 5.56 Å². The molecule has 1 heterocycles. The van der Waals surface area contributed by atoms with E-state index in [1.54, 1.807) is 7.11 Å². The zero-order chi connectivity index (χ0) is 20.6. The van der Waals surface area contributed by atoms with Gasteiger partial charge < -0.3 is 18.9 Å². The second kappa shape index (κ2) is 10.4. The fourth-order valence-corrected chi connectivity index (χ4v) is 3.65. The molecule has 0 saturated carbocycles. The van der Waals surface area contributed by atoms with E-state index in [9.17, 15) is 0 Å². The number of benzene rings is 3. The minimum atomic E-state index is -0.395. The van der Waals surface area contributed by atoms with E-state index in [0.717, 1.165) is 29.7 Å². The van der Waals surface area contributed by atoms with Gasteiger partial charge in [0.2, 0.25) is 0 Å². The fraction of sp³-hybridized carbons (Fsp3) is 0.308. The predicted octanol–water partition coefficient (Wildman–Crippen LogP) is 5.33. The average molecular weight is 405 g/mol. The van der Waals surface area contributed by atoms with Gasteiger partial charge in [-0.05, 0) is 36.1 Å². The fourth-order valence-electron chi connectivity index (χ4n) is 3.65. The smallest absolute Gasteiger partial charge is 0.184 e. The molecule has 0 bridgehead atoms. The van der Waals surface area contributed by atoms with E-state index < -0.39 is 6.29 Å². The normalized spacial score (nSPS) is 21.3. The first kappa shape index (κ1) is 20.6. The number of methoxy groups -OCH3 is 1. The Balaban J connectivity index is 1.43. The Kier molecular flexibility index (Phi) is 7.14. The van der Waals surface area contributed by atoms with Crippen LogP contribution < -0.4 is 4.74 Å². The van der Waals surface area contributed by atoms with Gasteiger partial charge >= 0.3 is 0 Å². The molecule has 0 aromatic heterocycles. The lowest BCUT2D eigenvalue weighted by atomic mass is 10.0. The summed E-state index contributed by atoms with van der Waals surface area (Å²) in [6, 6.07) is 28.5. The molecule has 1 saturated heterocycles. The first-order valence-corrected chi connectivity index (χ1v) is 10.4. The van der Waals surface area contributed by atoms with E-state index in [2.05, 4.69) is 36.4 Å². The highest BCUT2D eigenvalue weighted by Gasteiger charge is 2.33. The number of ether oxygens (including phenoxy) is 4. The molecule has 1 unspecified atom stereocenters. The molecule has 0 amide bonds. The molecule has 3 aromatic carbocycles. The van der Waals surface area contributed by atoms with Crippen LogP contribution >= 0.6 is 0 Å². The Labute approximate surface area is 178 Å². The van der Waals surface area contributed by atoms with E-state index in [0.29, 0.717) is 13.2 Å². The Morgan fingerprint density at radius 1 is 0.833 bits per heavy atom. The number of rotatable bonds is 8. The lowest BCUT2D eigenvalue weighted by Gasteiger charge is -2.37. The maximum absolute atomic E-state index is 6.38. The zero-order valence-corrected chi connectivity index (χ0v) is 17.3. The quantitative estimate of drug-likeness (QED) is 0.509. The van der Waals surface area contributed by atoms with Crippen LogP contribution in [0.15, 0.2) is 84.9 Å². The van der Waals surface area contributed by atoms with Gasteiger partial charge in [-0.25, -0.2) is 0 Å². The maximum Gasteiger partial charge on any atom is 0.184 e. The Morgan fingerprint density at radius 2 is 1.50 bits per heavy atom. The van der Waals surface area contributed by atoms with E-state index in [-0.39, 0.29) is 12.2 Å². The lowest BCUT2D eigenvalue weighted by molar-refractivity contribution is -0.268. The van der Waals surface area contributed by atoms with Crippen molar-refractivity contribution in [1.29, 1.82) is 0 Å². The zero-order valence-electron chi connectivity index (χ0n) is 17.3. The predicted molar refractivity (Wildman–Crippen MR) is 116 cm³/mol. The van der Waals surface area contributed by atoms with Crippen LogP contribution in [-0.2, 0) is 27.2 Å². The second-order valence-corrected chi connectivity index (χ2v) is 7.47. The monoisotopic (exact) mass is 404 g/mol. The van der Waals surface area contributed by atoms with Crippen LogP contribution in [0.25, 0.3) is 0 Å². The molecule has 1 aliphatic rings. The molecule has 1 fully saturated rings. The number of aryl methyl sites for hydroxylation is 1. The van der Waals surface area contributed by atoms with Crippen LogP contribution in [0.1, 0.15) is 29.4 Å². The highest BCUT2D eigenvalue weighted by molar-refractivity contribution is 5.28. The summed E-state index contributed by atoms with van der Waals surface area (Å²) in [6.45, 7) is 1.05. The second-order valence-electron chi connectivity index (χ2n) is 7.47. The number of hydrogen-bond donors (Lipinski definition) is 0. The molecule has 4 rings (SSSR count). The summed E-state index contributed by atoms with van der Waals surface area (Å²) in [5, 5.41) is 0. The van der Waals surface area contributed by atoms with Crippen LogP contribution in [0.5, 0.6) is 5.75 Å². The molecule has 0 radical (unpaired) electrons. The summed E-state index contributed by atoms with van der Waals surface area (Å²) >= 11 is 0. The van der Waals surface area contributed by atoms with Gasteiger partial charge in [-0.3, -0.25) is 0 Å². The summed E-state index contributed by atoms with van der Waals surface area (Å²) in [7, 11) is 1.66. The molecular formula is C26H28O4. The first-order chi connectivity index (χ1) is 14.8. The molecule has 3 atom stereocenters. The largest absolute Gasteiger partial charge is 0.497 e. The van der Waals surface area contributed by atoms with Crippen LogP contribution in [-0.4, -0.2) is 25.9 Å². The van der Waals surface area contributed by atoms with E-state index in [4.69, 9.17) is 18.9 Å². The topological polar surface area (TPSA) is 36.9 Å². The summed E-state index contributed by atoms with van der Waals surface area (Å²) < 4.78 is 23.9. The SMILES string of the molecule is COc1ccc(C2OC[C@@H](OCc3ccccc3)[C@@H](CCc3ccccc3)O2)cc1. The van der Waals surface area contributed by atoms with E-state index in [1.807, 2.05) is 48.5 Å². The minimum absolute atomic E-state index is 0.0465. The van der Waals surface area contributed by atoms with Crippen LogP contribution in [0.2, 0.25) is 0 Å². The van der Waals surface area contributed by atoms with Gasteiger partial charge in [0.1, 0.15) is 11.9 Å². The standard InChI is InChI=1S/C26H28O4/c1-27-23-15-13-22(14-16-23)26-29-19-25(28-18-21-10-6-3-7-11-21)24(30-26)17-12-20-8-4-2-5-9-20/h2-11,13-16,24-26H,12,17-19H2,1H3/t24-,25-,26?/m1/s1. The van der Waals surface area contributed by atoms with Crippen LogP contribution in [0.4, 0.5) is 0 Å². The van der Waals surface area contributed by atoms with Crippen molar-refractivity contribution in [3.63, 3.8) is 0 Å². The van der Waals surface area contributed by atoms with Crippen molar-refractivity contribution in [1.82, 2.24) is 0 Å². The van der Waals surface area contributed by atoms with Crippen molar-refractivity contribution in [3.05, 3.63) is 102 Å². The molecule has 1 aliphatic heterocycles. The van der Waals surface area contributed by atoms with Crippen molar-refractivity contribution in [2.45, 2.75) is 37.9 Å². The minimum Gasteiger partial charge on any atom is -0.497 e. The van der Waals surface area contributed by atoms with Crippen molar-refractivity contribution in [3.8, 4) is 5.75 Å². The molecule has 4 heteroatoms. The Hall–Kier alpha value is -2.66. The first-order valence-electron chi connectivity index (χ1n) is 10.4. The Morgan fingerprint density at radius 3 is 2.17 bits per heavy atom. The van der Waals surface area contributed by atoms with Crippen LogP contribution in [0.3, 0.4) is 0 Å². The molecule has 0 aliphatic carbocycles. The van der Waals surface area contributed by atoms with Crippen molar-refractivity contribution in [2.24, 2.45) is 0 Å². The third-order valence-corrected chi connectivity index (χ3v) is 5.38. The van der Waals surface area contributed by atoms with Crippen molar-refractivity contribution < 1.29 is 18.9 Å². The van der Waals surface area contributed by atoms with Gasteiger partial charge in [-0.1, -0.05) is 72.8 Å². The third kappa shape index (κ3) is 5.48. The summed E-state index contributed by atoms with van der Waals surface area (Å²) in [4.78, 5) is 0. The van der Waals surface area contributed by atoms with Gasteiger partial charge in [0.25, 0.3) is 0 Å². The highest BCUT2D eigenvalue weighted by atomic mass is 16.7. The third-order valence-electron chi connectivity index (χ3n) is 5.38. The maximum atomic E-state index is 6.38. The van der Waals surface area contributed by atoms with Gasteiger partial charge in [-0.2, -0.15) is 0 Å². The Bertz CT molecular complexity index is 880. The van der Waals surface area contributed by atoms with Crippen molar-refractivity contribution >= 4 is 0 Å². The molecular weight excluding hydrogens is 376 g/mol.